The van der Waals surface area contributed by atoms with Crippen molar-refractivity contribution >= 4 is 28.7 Å². The summed E-state index contributed by atoms with van der Waals surface area (Å²) >= 11 is 0. The number of nitrogens with one attached hydrogen (secondary N) is 1. The van der Waals surface area contributed by atoms with Crippen molar-refractivity contribution in [2.75, 3.05) is 27.2 Å². The molecule has 200 valence electrons. The van der Waals surface area contributed by atoms with E-state index in [4.69, 9.17) is 14.0 Å². The first kappa shape index (κ1) is 25.7. The number of pyridine rings is 1. The molecule has 39 heavy (non-hydrogen) atoms. The van der Waals surface area contributed by atoms with E-state index in [1.165, 1.54) is 0 Å². The van der Waals surface area contributed by atoms with Gasteiger partial charge < -0.3 is 24.2 Å². The van der Waals surface area contributed by atoms with Crippen molar-refractivity contribution in [1.29, 1.82) is 0 Å². The zero-order valence-corrected chi connectivity index (χ0v) is 21.4. The molecule has 0 fully saturated rings. The largest absolute Gasteiger partial charge is 0.470 e. The number of rotatable bonds is 12. The number of carbonyl (C=O) groups excluding carboxylic acids is 2. The molecule has 2 amide bonds. The maximum Gasteiger partial charge on any atom is 0.240 e. The summed E-state index contributed by atoms with van der Waals surface area (Å²) in [6.07, 6.45) is 2.47. The highest BCUT2D eigenvalue weighted by Crippen LogP contribution is 2.29. The van der Waals surface area contributed by atoms with Gasteiger partial charge in [0.2, 0.25) is 24.0 Å². The molecule has 1 aromatic carbocycles. The number of likely N-dealkylation sites (N-methyl/N-ethyl adjacent to an activating group) is 1. The number of hydrogen-bond donors (Lipinski definition) is 1. The van der Waals surface area contributed by atoms with E-state index in [0.717, 1.165) is 16.3 Å². The third-order valence-corrected chi connectivity index (χ3v) is 6.00. The quantitative estimate of drug-likeness (QED) is 0.187. The summed E-state index contributed by atoms with van der Waals surface area (Å²) in [5.41, 5.74) is 2.48. The summed E-state index contributed by atoms with van der Waals surface area (Å²) in [4.78, 5) is 28.8. The fraction of sp³-hybridized carbons (Fsp3) is 0.269. The molecule has 0 atom stereocenters. The van der Waals surface area contributed by atoms with Crippen LogP contribution in [0.4, 0.5) is 0 Å². The Morgan fingerprint density at radius 1 is 1.15 bits per heavy atom. The van der Waals surface area contributed by atoms with Gasteiger partial charge in [-0.15, -0.1) is 15.3 Å². The summed E-state index contributed by atoms with van der Waals surface area (Å²) in [5, 5.41) is 21.5. The predicted molar refractivity (Wildman–Crippen MR) is 138 cm³/mol. The standard InChI is InChI=1S/C26H26N8O5/c1-33(10-9-27-16-35)23(36)11-17-7-8-18(28-13-17)14-38-26-21-6-4-3-5-20(21)24-29-30-25(34(24)31-26)22-12-19(15-37-2)39-32-22/h3-8,12-13,16H,9-11,14-15H2,1-2H3,(H,27,35). The van der Waals surface area contributed by atoms with Crippen LogP contribution in [0.3, 0.4) is 0 Å². The second-order valence-electron chi connectivity index (χ2n) is 8.73. The molecule has 13 nitrogen and oxygen atoms in total. The van der Waals surface area contributed by atoms with Gasteiger partial charge in [0.15, 0.2) is 17.1 Å². The average molecular weight is 531 g/mol. The lowest BCUT2D eigenvalue weighted by atomic mass is 10.2. The van der Waals surface area contributed by atoms with Crippen molar-refractivity contribution < 1.29 is 23.6 Å². The molecule has 0 spiro atoms. The zero-order chi connectivity index (χ0) is 27.2. The topological polar surface area (TPSA) is 150 Å². The van der Waals surface area contributed by atoms with Gasteiger partial charge in [-0.3, -0.25) is 14.6 Å². The Bertz CT molecular complexity index is 1600. The first-order valence-electron chi connectivity index (χ1n) is 12.1. The Hall–Kier alpha value is -4.91. The first-order valence-corrected chi connectivity index (χ1v) is 12.1. The summed E-state index contributed by atoms with van der Waals surface area (Å²) < 4.78 is 18.1. The van der Waals surface area contributed by atoms with Gasteiger partial charge in [-0.1, -0.05) is 29.4 Å². The average Bonchev–Trinajstić information content (AvgIpc) is 3.60. The molecular weight excluding hydrogens is 504 g/mol. The van der Waals surface area contributed by atoms with Crippen LogP contribution < -0.4 is 10.1 Å². The zero-order valence-electron chi connectivity index (χ0n) is 21.4. The lowest BCUT2D eigenvalue weighted by molar-refractivity contribution is -0.129. The van der Waals surface area contributed by atoms with E-state index >= 15 is 0 Å². The van der Waals surface area contributed by atoms with Crippen LogP contribution in [-0.4, -0.2) is 74.4 Å². The first-order chi connectivity index (χ1) is 19.1. The van der Waals surface area contributed by atoms with Gasteiger partial charge in [-0.05, 0) is 17.7 Å². The van der Waals surface area contributed by atoms with E-state index < -0.39 is 0 Å². The molecule has 1 N–H and O–H groups in total. The third-order valence-electron chi connectivity index (χ3n) is 6.00. The minimum absolute atomic E-state index is 0.0660. The van der Waals surface area contributed by atoms with Crippen molar-refractivity contribution in [3.8, 4) is 17.4 Å². The van der Waals surface area contributed by atoms with Crippen LogP contribution in [0, 0.1) is 0 Å². The van der Waals surface area contributed by atoms with E-state index in [9.17, 15) is 9.59 Å². The normalized spacial score (nSPS) is 11.1. The van der Waals surface area contributed by atoms with Gasteiger partial charge in [-0.2, -0.15) is 4.52 Å². The number of ether oxygens (including phenoxy) is 2. The van der Waals surface area contributed by atoms with Gasteiger partial charge >= 0.3 is 0 Å². The van der Waals surface area contributed by atoms with E-state index in [-0.39, 0.29) is 25.5 Å². The monoisotopic (exact) mass is 530 g/mol. The number of hydrogen-bond acceptors (Lipinski definition) is 10. The lowest BCUT2D eigenvalue weighted by Crippen LogP contribution is -2.34. The van der Waals surface area contributed by atoms with Crippen molar-refractivity contribution in [2.24, 2.45) is 0 Å². The summed E-state index contributed by atoms with van der Waals surface area (Å²) in [6.45, 7) is 1.28. The van der Waals surface area contributed by atoms with Crippen LogP contribution in [0.2, 0.25) is 0 Å². The van der Waals surface area contributed by atoms with Crippen molar-refractivity contribution in [3.05, 3.63) is 65.7 Å². The molecule has 0 saturated heterocycles. The van der Waals surface area contributed by atoms with Gasteiger partial charge in [0.05, 0.1) is 12.1 Å². The Morgan fingerprint density at radius 2 is 2.00 bits per heavy atom. The number of methoxy groups -OCH3 is 1. The summed E-state index contributed by atoms with van der Waals surface area (Å²) in [7, 11) is 3.27. The third kappa shape index (κ3) is 5.67. The SMILES string of the molecule is COCc1cc(-c2nnc3c4ccccc4c(OCc4ccc(CC(=O)N(C)CCNC=O)cn4)nn23)no1. The molecule has 0 radical (unpaired) electrons. The highest BCUT2D eigenvalue weighted by Gasteiger charge is 2.19. The van der Waals surface area contributed by atoms with Crippen LogP contribution in [0.5, 0.6) is 5.88 Å². The van der Waals surface area contributed by atoms with E-state index in [1.807, 2.05) is 36.4 Å². The number of nitrogens with zero attached hydrogens (tertiary/aromatic N) is 7. The molecule has 4 aromatic heterocycles. The maximum atomic E-state index is 12.4. The molecule has 0 aliphatic heterocycles. The van der Waals surface area contributed by atoms with Crippen LogP contribution in [-0.2, 0) is 34.0 Å². The van der Waals surface area contributed by atoms with E-state index in [2.05, 4.69) is 30.8 Å². The fourth-order valence-corrected chi connectivity index (χ4v) is 3.96. The van der Waals surface area contributed by atoms with Crippen molar-refractivity contribution in [1.82, 2.24) is 40.2 Å². The molecule has 13 heteroatoms. The van der Waals surface area contributed by atoms with Crippen molar-refractivity contribution in [2.45, 2.75) is 19.6 Å². The smallest absolute Gasteiger partial charge is 0.240 e. The molecule has 5 aromatic rings. The fourth-order valence-electron chi connectivity index (χ4n) is 3.96. The minimum atomic E-state index is -0.0660. The van der Waals surface area contributed by atoms with Crippen LogP contribution in [0.1, 0.15) is 17.0 Å². The Labute approximate surface area is 222 Å². The maximum absolute atomic E-state index is 12.4. The molecular formula is C26H26N8O5. The van der Waals surface area contributed by atoms with E-state index in [0.29, 0.717) is 54.0 Å². The van der Waals surface area contributed by atoms with E-state index in [1.54, 1.807) is 35.8 Å². The molecule has 0 unspecified atom stereocenters. The predicted octanol–water partition coefficient (Wildman–Crippen LogP) is 1.80. The molecule has 4 heterocycles. The molecule has 0 aliphatic carbocycles. The van der Waals surface area contributed by atoms with Gasteiger partial charge in [0.25, 0.3) is 0 Å². The second-order valence-corrected chi connectivity index (χ2v) is 8.73. The Morgan fingerprint density at radius 3 is 2.77 bits per heavy atom. The second kappa shape index (κ2) is 11.6. The van der Waals surface area contributed by atoms with Gasteiger partial charge in [-0.25, -0.2) is 0 Å². The molecule has 0 bridgehead atoms. The number of amides is 2. The molecule has 0 aliphatic rings. The lowest BCUT2D eigenvalue weighted by Gasteiger charge is -2.16. The molecule has 5 rings (SSSR count). The number of fused-ring (bicyclic) bond motifs is 3. The highest BCUT2D eigenvalue weighted by atomic mass is 16.5. The Balaban J connectivity index is 1.33. The minimum Gasteiger partial charge on any atom is -0.470 e. The van der Waals surface area contributed by atoms with Crippen LogP contribution in [0.25, 0.3) is 27.9 Å². The highest BCUT2D eigenvalue weighted by molar-refractivity contribution is 5.96. The van der Waals surface area contributed by atoms with Crippen LogP contribution >= 0.6 is 0 Å². The molecule has 0 saturated carbocycles. The van der Waals surface area contributed by atoms with Gasteiger partial charge in [0.1, 0.15) is 13.2 Å². The number of aromatic nitrogens is 6. The van der Waals surface area contributed by atoms with Crippen molar-refractivity contribution in [3.63, 3.8) is 0 Å². The van der Waals surface area contributed by atoms with Gasteiger partial charge in [0, 0.05) is 50.3 Å². The number of carbonyl (C=O) groups is 2. The summed E-state index contributed by atoms with van der Waals surface area (Å²) in [5.74, 6) is 1.28. The Kier molecular flexibility index (Phi) is 7.68. The van der Waals surface area contributed by atoms with Crippen LogP contribution in [0.15, 0.2) is 53.2 Å². The summed E-state index contributed by atoms with van der Waals surface area (Å²) in [6, 6.07) is 13.0. The number of benzene rings is 1.